The average Bonchev–Trinajstić information content (AvgIpc) is 2.36. The van der Waals surface area contributed by atoms with Gasteiger partial charge >= 0.3 is 0 Å². The van der Waals surface area contributed by atoms with Crippen molar-refractivity contribution in [2.75, 3.05) is 0 Å². The molecule has 0 fully saturated rings. The summed E-state index contributed by atoms with van der Waals surface area (Å²) >= 11 is 0. The number of hydrogen-bond acceptors (Lipinski definition) is 5. The van der Waals surface area contributed by atoms with Gasteiger partial charge in [-0.05, 0) is 32.9 Å². The Morgan fingerprint density at radius 2 is 1.50 bits per heavy atom. The summed E-state index contributed by atoms with van der Waals surface area (Å²) in [7, 11) is -3.78. The van der Waals surface area contributed by atoms with E-state index in [0.717, 1.165) is 5.56 Å². The number of hydrogen-bond donors (Lipinski definition) is 4. The second-order valence-electron chi connectivity index (χ2n) is 4.94. The quantitative estimate of drug-likeness (QED) is 0.580. The van der Waals surface area contributed by atoms with E-state index in [0.29, 0.717) is 0 Å². The molecule has 4 atom stereocenters. The number of sulfonamides is 1. The molecule has 4 N–H and O–H groups in total. The summed E-state index contributed by atoms with van der Waals surface area (Å²) in [6.45, 7) is 4.58. The van der Waals surface area contributed by atoms with Crippen LogP contribution in [0.1, 0.15) is 19.4 Å². The lowest BCUT2D eigenvalue weighted by atomic mass is 10.0. The normalized spacial score (nSPS) is 18.3. The van der Waals surface area contributed by atoms with Crippen LogP contribution in [-0.2, 0) is 10.0 Å². The minimum Gasteiger partial charge on any atom is -0.391 e. The largest absolute Gasteiger partial charge is 0.391 e. The van der Waals surface area contributed by atoms with E-state index in [-0.39, 0.29) is 4.90 Å². The van der Waals surface area contributed by atoms with Gasteiger partial charge in [0.1, 0.15) is 6.10 Å². The van der Waals surface area contributed by atoms with E-state index in [9.17, 15) is 23.7 Å². The summed E-state index contributed by atoms with van der Waals surface area (Å²) in [5, 5.41) is 28.5. The van der Waals surface area contributed by atoms with Gasteiger partial charge < -0.3 is 15.3 Å². The monoisotopic (exact) mass is 303 g/mol. The highest BCUT2D eigenvalue weighted by atomic mass is 32.2. The Balaban J connectivity index is 2.83. The molecule has 6 nitrogen and oxygen atoms in total. The Morgan fingerprint density at radius 1 is 1.00 bits per heavy atom. The summed E-state index contributed by atoms with van der Waals surface area (Å²) in [6, 6.07) is 5.32. The number of aryl methyl sites for hydroxylation is 1. The molecule has 0 aromatic heterocycles. The smallest absolute Gasteiger partial charge is 0.240 e. The Labute approximate surface area is 119 Å². The Bertz CT molecular complexity index is 526. The van der Waals surface area contributed by atoms with E-state index >= 15 is 0 Å². The molecule has 0 bridgehead atoms. The Kier molecular flexibility index (Phi) is 5.67. The van der Waals surface area contributed by atoms with Gasteiger partial charge in [0.25, 0.3) is 0 Å². The summed E-state index contributed by atoms with van der Waals surface area (Å²) in [5.41, 5.74) is 0.932. The van der Waals surface area contributed by atoms with Crippen LogP contribution in [0.4, 0.5) is 0 Å². The van der Waals surface area contributed by atoms with E-state index in [1.807, 2.05) is 6.92 Å². The topological polar surface area (TPSA) is 107 Å². The lowest BCUT2D eigenvalue weighted by Gasteiger charge is -2.26. The minimum absolute atomic E-state index is 0.0775. The number of nitrogens with one attached hydrogen (secondary N) is 1. The van der Waals surface area contributed by atoms with Crippen LogP contribution in [0.15, 0.2) is 29.2 Å². The van der Waals surface area contributed by atoms with Crippen LogP contribution in [0, 0.1) is 6.92 Å². The van der Waals surface area contributed by atoms with Gasteiger partial charge in [-0.3, -0.25) is 0 Å². The first kappa shape index (κ1) is 17.1. The van der Waals surface area contributed by atoms with Crippen LogP contribution in [0.2, 0.25) is 0 Å². The van der Waals surface area contributed by atoms with Crippen LogP contribution < -0.4 is 4.72 Å². The molecule has 0 aliphatic carbocycles. The molecule has 0 unspecified atom stereocenters. The highest BCUT2D eigenvalue weighted by molar-refractivity contribution is 7.89. The number of benzene rings is 1. The Hall–Kier alpha value is -0.990. The Morgan fingerprint density at radius 3 is 1.95 bits per heavy atom. The second-order valence-corrected chi connectivity index (χ2v) is 6.66. The van der Waals surface area contributed by atoms with Gasteiger partial charge in [0.2, 0.25) is 10.0 Å². The minimum atomic E-state index is -3.78. The molecule has 0 saturated heterocycles. The van der Waals surface area contributed by atoms with Crippen LogP contribution in [0.5, 0.6) is 0 Å². The average molecular weight is 303 g/mol. The van der Waals surface area contributed by atoms with Crippen LogP contribution in [0.25, 0.3) is 0 Å². The first-order valence-electron chi connectivity index (χ1n) is 6.28. The third kappa shape index (κ3) is 4.26. The molecule has 1 aromatic carbocycles. The molecule has 1 rings (SSSR count). The maximum absolute atomic E-state index is 12.1. The number of aliphatic hydroxyl groups is 3. The SMILES string of the molecule is Cc1ccc(S(=O)(=O)N[C@H](C)[C@H](O)[C@@H](O)[C@@H](C)O)cc1. The molecular formula is C13H21NO5S. The maximum Gasteiger partial charge on any atom is 0.240 e. The summed E-state index contributed by atoms with van der Waals surface area (Å²) < 4.78 is 26.4. The van der Waals surface area contributed by atoms with Crippen molar-refractivity contribution in [3.8, 4) is 0 Å². The van der Waals surface area contributed by atoms with Gasteiger partial charge in [-0.2, -0.15) is 0 Å². The third-order valence-corrected chi connectivity index (χ3v) is 4.60. The van der Waals surface area contributed by atoms with E-state index in [2.05, 4.69) is 4.72 Å². The molecule has 20 heavy (non-hydrogen) atoms. The standard InChI is InChI=1S/C13H21NO5S/c1-8-4-6-11(7-5-8)20(18,19)14-9(2)12(16)13(17)10(3)15/h4-7,9-10,12-17H,1-3H3/t9-,10-,12+,13+/m1/s1. The van der Waals surface area contributed by atoms with Crippen LogP contribution in [0.3, 0.4) is 0 Å². The van der Waals surface area contributed by atoms with Crippen molar-refractivity contribution in [1.82, 2.24) is 4.72 Å². The molecule has 0 aliphatic heterocycles. The van der Waals surface area contributed by atoms with Gasteiger partial charge in [-0.15, -0.1) is 0 Å². The molecule has 0 radical (unpaired) electrons. The third-order valence-electron chi connectivity index (χ3n) is 3.03. The van der Waals surface area contributed by atoms with Gasteiger partial charge in [0.15, 0.2) is 0 Å². The molecule has 0 spiro atoms. The molecular weight excluding hydrogens is 282 g/mol. The molecule has 7 heteroatoms. The van der Waals surface area contributed by atoms with E-state index in [4.69, 9.17) is 0 Å². The fourth-order valence-electron chi connectivity index (χ4n) is 1.68. The zero-order chi connectivity index (χ0) is 15.5. The fraction of sp³-hybridized carbons (Fsp3) is 0.538. The second kappa shape index (κ2) is 6.64. The summed E-state index contributed by atoms with van der Waals surface area (Å²) in [5.74, 6) is 0. The van der Waals surface area contributed by atoms with Crippen LogP contribution in [-0.4, -0.2) is 48.1 Å². The molecule has 0 heterocycles. The zero-order valence-corrected chi connectivity index (χ0v) is 12.5. The van der Waals surface area contributed by atoms with Gasteiger partial charge in [0, 0.05) is 6.04 Å². The molecule has 114 valence electrons. The van der Waals surface area contributed by atoms with Crippen molar-refractivity contribution in [2.24, 2.45) is 0 Å². The molecule has 0 saturated carbocycles. The molecule has 0 amide bonds. The predicted molar refractivity (Wildman–Crippen MR) is 74.7 cm³/mol. The maximum atomic E-state index is 12.1. The first-order chi connectivity index (χ1) is 9.15. The fourth-order valence-corrected chi connectivity index (χ4v) is 2.94. The number of aliphatic hydroxyl groups excluding tert-OH is 3. The van der Waals surface area contributed by atoms with E-state index in [1.165, 1.54) is 26.0 Å². The highest BCUT2D eigenvalue weighted by Crippen LogP contribution is 2.12. The van der Waals surface area contributed by atoms with Crippen LogP contribution >= 0.6 is 0 Å². The number of rotatable bonds is 6. The van der Waals surface area contributed by atoms with Crippen molar-refractivity contribution < 1.29 is 23.7 Å². The van der Waals surface area contributed by atoms with E-state index in [1.54, 1.807) is 12.1 Å². The predicted octanol–water partition coefficient (Wildman–Crippen LogP) is -0.236. The van der Waals surface area contributed by atoms with Crippen molar-refractivity contribution >= 4 is 10.0 Å². The summed E-state index contributed by atoms with van der Waals surface area (Å²) in [4.78, 5) is 0.0775. The van der Waals surface area contributed by atoms with Crippen molar-refractivity contribution in [3.63, 3.8) is 0 Å². The van der Waals surface area contributed by atoms with Gasteiger partial charge in [-0.25, -0.2) is 13.1 Å². The first-order valence-corrected chi connectivity index (χ1v) is 7.76. The zero-order valence-electron chi connectivity index (χ0n) is 11.7. The van der Waals surface area contributed by atoms with Crippen molar-refractivity contribution in [2.45, 2.75) is 50.0 Å². The van der Waals surface area contributed by atoms with E-state index < -0.39 is 34.4 Å². The molecule has 1 aromatic rings. The van der Waals surface area contributed by atoms with Gasteiger partial charge in [-0.1, -0.05) is 17.7 Å². The molecule has 0 aliphatic rings. The van der Waals surface area contributed by atoms with Crippen molar-refractivity contribution in [1.29, 1.82) is 0 Å². The van der Waals surface area contributed by atoms with Crippen molar-refractivity contribution in [3.05, 3.63) is 29.8 Å². The van der Waals surface area contributed by atoms with Gasteiger partial charge in [0.05, 0.1) is 17.1 Å². The highest BCUT2D eigenvalue weighted by Gasteiger charge is 2.29. The lowest BCUT2D eigenvalue weighted by molar-refractivity contribution is -0.0605. The summed E-state index contributed by atoms with van der Waals surface area (Å²) in [6.07, 6.45) is -3.99. The lowest BCUT2D eigenvalue weighted by Crippen LogP contribution is -2.49.